The quantitative estimate of drug-likeness (QED) is 0.0197. The zero-order chi connectivity index (χ0) is 48.4. The molecule has 3 atom stereocenters. The van der Waals surface area contributed by atoms with Crippen LogP contribution in [-0.4, -0.2) is 66.5 Å². The third kappa shape index (κ3) is 47.3. The highest BCUT2D eigenvalue weighted by Crippen LogP contribution is 2.43. The van der Waals surface area contributed by atoms with Crippen LogP contribution < -0.4 is 0 Å². The summed E-state index contributed by atoms with van der Waals surface area (Å²) in [5.74, 6) is -1.45. The summed E-state index contributed by atoms with van der Waals surface area (Å²) >= 11 is 0. The normalized spacial score (nSPS) is 13.5. The molecule has 0 aromatic heterocycles. The van der Waals surface area contributed by atoms with Gasteiger partial charge in [0.2, 0.25) is 0 Å². The predicted octanol–water partition coefficient (Wildman–Crippen LogP) is 15.7. The van der Waals surface area contributed by atoms with E-state index in [0.717, 1.165) is 64.2 Å². The van der Waals surface area contributed by atoms with Gasteiger partial charge >= 0.3 is 25.7 Å². The number of aliphatic hydroxyl groups excluding tert-OH is 1. The van der Waals surface area contributed by atoms with Crippen LogP contribution >= 0.6 is 7.82 Å². The molecule has 0 rings (SSSR count). The molecule has 2 N–H and O–H groups in total. The molecule has 390 valence electrons. The second-order valence-electron chi connectivity index (χ2n) is 18.8. The Balaban J connectivity index is 4.64. The summed E-state index contributed by atoms with van der Waals surface area (Å²) in [5.41, 5.74) is 0. The molecule has 3 unspecified atom stereocenters. The lowest BCUT2D eigenvalue weighted by Crippen LogP contribution is -2.30. The summed E-state index contributed by atoms with van der Waals surface area (Å²) in [6, 6.07) is 0. The summed E-state index contributed by atoms with van der Waals surface area (Å²) in [6.07, 6.45) is 46.1. The maximum atomic E-state index is 12.8. The molecule has 0 radical (unpaired) electrons. The summed E-state index contributed by atoms with van der Waals surface area (Å²) in [4.78, 5) is 48.3. The number of phosphoric acid groups is 1. The van der Waals surface area contributed by atoms with Crippen LogP contribution in [0.4, 0.5) is 0 Å². The average Bonchev–Trinajstić information content (AvgIpc) is 3.30. The lowest BCUT2D eigenvalue weighted by Gasteiger charge is -2.21. The van der Waals surface area contributed by atoms with E-state index in [1.165, 1.54) is 154 Å². The fourth-order valence-corrected chi connectivity index (χ4v) is 8.72. The van der Waals surface area contributed by atoms with E-state index in [2.05, 4.69) is 32.9 Å². The van der Waals surface area contributed by atoms with Crippen molar-refractivity contribution in [2.75, 3.05) is 26.4 Å². The van der Waals surface area contributed by atoms with Crippen molar-refractivity contribution in [3.63, 3.8) is 0 Å². The molecule has 0 heterocycles. The Bertz CT molecular complexity index is 1160. The Morgan fingerprint density at radius 1 is 0.409 bits per heavy atom. The lowest BCUT2D eigenvalue weighted by atomic mass is 10.0. The van der Waals surface area contributed by atoms with Crippen molar-refractivity contribution in [1.29, 1.82) is 0 Å². The molecule has 12 heteroatoms. The molecule has 0 saturated heterocycles. The van der Waals surface area contributed by atoms with E-state index in [1.54, 1.807) is 0 Å². The molecule has 0 bridgehead atoms. The maximum absolute atomic E-state index is 12.8. The van der Waals surface area contributed by atoms with Crippen molar-refractivity contribution >= 4 is 25.7 Å². The number of unbranched alkanes of at least 4 members (excludes halogenated alkanes) is 33. The summed E-state index contributed by atoms with van der Waals surface area (Å²) in [7, 11) is -4.73. The first-order valence-corrected chi connectivity index (χ1v) is 29.1. The fraction of sp³-hybridized carbons (Fsp3) is 0.907. The number of rotatable bonds is 52. The average molecular weight is 959 g/mol. The minimum absolute atomic E-state index is 0.169. The molecule has 0 aliphatic rings. The summed E-state index contributed by atoms with van der Waals surface area (Å²) < 4.78 is 39.4. The molecule has 0 saturated carbocycles. The van der Waals surface area contributed by atoms with Crippen LogP contribution in [0.5, 0.6) is 0 Å². The van der Waals surface area contributed by atoms with Gasteiger partial charge in [-0.2, -0.15) is 0 Å². The van der Waals surface area contributed by atoms with E-state index in [0.29, 0.717) is 19.3 Å². The third-order valence-electron chi connectivity index (χ3n) is 12.2. The highest BCUT2D eigenvalue weighted by molar-refractivity contribution is 7.47. The summed E-state index contributed by atoms with van der Waals surface area (Å²) in [6.45, 7) is 4.65. The molecular formula is C54H103O11P. The smallest absolute Gasteiger partial charge is 0.462 e. The number of ether oxygens (including phenoxy) is 3. The van der Waals surface area contributed by atoms with E-state index < -0.39 is 57.8 Å². The molecule has 0 aromatic rings. The molecule has 0 aliphatic heterocycles. The highest BCUT2D eigenvalue weighted by atomic mass is 31.2. The molecule has 0 amide bonds. The highest BCUT2D eigenvalue weighted by Gasteiger charge is 2.28. The Morgan fingerprint density at radius 2 is 0.697 bits per heavy atom. The molecular weight excluding hydrogens is 856 g/mol. The van der Waals surface area contributed by atoms with Crippen LogP contribution in [0.25, 0.3) is 0 Å². The van der Waals surface area contributed by atoms with Crippen LogP contribution in [0.15, 0.2) is 12.2 Å². The van der Waals surface area contributed by atoms with Crippen LogP contribution in [0.2, 0.25) is 0 Å². The van der Waals surface area contributed by atoms with E-state index in [9.17, 15) is 28.9 Å². The summed E-state index contributed by atoms with van der Waals surface area (Å²) in [5, 5.41) is 9.78. The minimum atomic E-state index is -4.73. The third-order valence-corrected chi connectivity index (χ3v) is 13.1. The first kappa shape index (κ1) is 64.2. The predicted molar refractivity (Wildman–Crippen MR) is 270 cm³/mol. The fourth-order valence-electron chi connectivity index (χ4n) is 7.94. The first-order valence-electron chi connectivity index (χ1n) is 27.6. The molecule has 0 fully saturated rings. The lowest BCUT2D eigenvalue weighted by molar-refractivity contribution is -0.161. The number of hydrogen-bond donors (Lipinski definition) is 2. The van der Waals surface area contributed by atoms with E-state index in [4.69, 9.17) is 23.3 Å². The number of hydrogen-bond acceptors (Lipinski definition) is 10. The van der Waals surface area contributed by atoms with Crippen molar-refractivity contribution in [2.24, 2.45) is 0 Å². The van der Waals surface area contributed by atoms with E-state index in [1.807, 2.05) is 0 Å². The number of carbonyl (C=O) groups excluding carboxylic acids is 3. The van der Waals surface area contributed by atoms with Gasteiger partial charge in [0.1, 0.15) is 12.7 Å². The largest absolute Gasteiger partial charge is 0.472 e. The minimum Gasteiger partial charge on any atom is -0.462 e. The monoisotopic (exact) mass is 959 g/mol. The number of carbonyl (C=O) groups is 3. The number of phosphoric ester groups is 1. The second-order valence-corrected chi connectivity index (χ2v) is 20.2. The molecule has 0 aliphatic carbocycles. The van der Waals surface area contributed by atoms with Crippen LogP contribution in [0.1, 0.15) is 278 Å². The Morgan fingerprint density at radius 3 is 1.05 bits per heavy atom. The van der Waals surface area contributed by atoms with Crippen molar-refractivity contribution < 1.29 is 52.2 Å². The molecule has 66 heavy (non-hydrogen) atoms. The van der Waals surface area contributed by atoms with Gasteiger partial charge in [0, 0.05) is 19.3 Å². The molecule has 0 spiro atoms. The zero-order valence-corrected chi connectivity index (χ0v) is 43.8. The van der Waals surface area contributed by atoms with Gasteiger partial charge in [0.15, 0.2) is 6.10 Å². The molecule has 11 nitrogen and oxygen atoms in total. The Labute approximate surface area is 405 Å². The Hall–Kier alpha value is -1.78. The van der Waals surface area contributed by atoms with Crippen molar-refractivity contribution in [3.05, 3.63) is 12.2 Å². The van der Waals surface area contributed by atoms with Gasteiger partial charge < -0.3 is 24.2 Å². The van der Waals surface area contributed by atoms with E-state index in [-0.39, 0.29) is 25.9 Å². The van der Waals surface area contributed by atoms with E-state index >= 15 is 0 Å². The number of esters is 3. The van der Waals surface area contributed by atoms with Gasteiger partial charge in [-0.25, -0.2) is 4.57 Å². The molecule has 0 aromatic carbocycles. The number of allylic oxidation sites excluding steroid dienone is 2. The SMILES string of the molecule is CCCCCCCC/C=C\CCCCCCCCCC(=O)OC(COC(=O)CCCCCCCCCCC)COP(=O)(O)OCC(CO)OC(=O)CCCCCCCCCCCCCCC. The number of aliphatic hydroxyl groups is 1. The van der Waals surface area contributed by atoms with Gasteiger partial charge in [-0.1, -0.05) is 226 Å². The van der Waals surface area contributed by atoms with Crippen LogP contribution in [0, 0.1) is 0 Å². The second kappa shape index (κ2) is 49.6. The topological polar surface area (TPSA) is 155 Å². The van der Waals surface area contributed by atoms with Gasteiger partial charge in [-0.3, -0.25) is 23.4 Å². The van der Waals surface area contributed by atoms with Crippen LogP contribution in [-0.2, 0) is 42.2 Å². The van der Waals surface area contributed by atoms with Crippen molar-refractivity contribution in [3.8, 4) is 0 Å². The van der Waals surface area contributed by atoms with Gasteiger partial charge in [0.05, 0.1) is 19.8 Å². The maximum Gasteiger partial charge on any atom is 0.472 e. The standard InChI is InChI=1S/C54H103O11P/c1-4-7-10-13-16-19-21-23-24-25-26-28-30-33-36-39-42-45-54(58)65-51(47-61-52(56)43-40-37-34-31-18-15-12-9-6-3)49-63-66(59,60)62-48-50(46-55)64-53(57)44-41-38-35-32-29-27-22-20-17-14-11-8-5-2/h23-24,50-51,55H,4-22,25-49H2,1-3H3,(H,59,60)/b24-23-. The van der Waals surface area contributed by atoms with Crippen LogP contribution in [0.3, 0.4) is 0 Å². The first-order chi connectivity index (χ1) is 32.2. The van der Waals surface area contributed by atoms with Crippen molar-refractivity contribution in [2.45, 2.75) is 290 Å². The van der Waals surface area contributed by atoms with Gasteiger partial charge in [0.25, 0.3) is 0 Å². The Kier molecular flexibility index (Phi) is 48.3. The van der Waals surface area contributed by atoms with Crippen molar-refractivity contribution in [1.82, 2.24) is 0 Å². The zero-order valence-electron chi connectivity index (χ0n) is 42.9. The van der Waals surface area contributed by atoms with Gasteiger partial charge in [-0.15, -0.1) is 0 Å². The van der Waals surface area contributed by atoms with Gasteiger partial charge in [-0.05, 0) is 44.9 Å².